The van der Waals surface area contributed by atoms with Gasteiger partial charge >= 0.3 is 0 Å². The number of rotatable bonds is 5. The fraction of sp³-hybridized carbons (Fsp3) is 0.381. The van der Waals surface area contributed by atoms with Gasteiger partial charge in [-0.25, -0.2) is 13.8 Å². The largest absolute Gasteiger partial charge is 0.349 e. The minimum Gasteiger partial charge on any atom is -0.349 e. The molecule has 3 atom stereocenters. The van der Waals surface area contributed by atoms with Crippen molar-refractivity contribution < 1.29 is 18.4 Å². The third-order valence-corrected chi connectivity index (χ3v) is 6.90. The number of benzene rings is 1. The summed E-state index contributed by atoms with van der Waals surface area (Å²) in [6.45, 7) is 0.792. The summed E-state index contributed by atoms with van der Waals surface area (Å²) < 4.78 is 26.0. The molecule has 1 aromatic carbocycles. The van der Waals surface area contributed by atoms with Gasteiger partial charge in [-0.1, -0.05) is 12.1 Å². The second-order valence-electron chi connectivity index (χ2n) is 8.04. The van der Waals surface area contributed by atoms with Gasteiger partial charge in [0.05, 0.1) is 35.0 Å². The molecule has 9 heteroatoms. The summed E-state index contributed by atoms with van der Waals surface area (Å²) >= 11 is 1.23. The Morgan fingerprint density at radius 3 is 2.77 bits per heavy atom. The van der Waals surface area contributed by atoms with Crippen LogP contribution in [0.15, 0.2) is 36.4 Å². The molecule has 1 saturated carbocycles. The van der Waals surface area contributed by atoms with E-state index in [4.69, 9.17) is 0 Å². The number of para-hydroxylation sites is 2. The number of H-pyrrole nitrogens is 1. The zero-order chi connectivity index (χ0) is 21.0. The van der Waals surface area contributed by atoms with E-state index in [1.165, 1.54) is 11.3 Å². The number of hydrogen-bond donors (Lipinski definition) is 2. The minimum atomic E-state index is -2.78. The van der Waals surface area contributed by atoms with E-state index in [1.807, 2.05) is 31.2 Å². The maximum Gasteiger partial charge on any atom is 0.282 e. The summed E-state index contributed by atoms with van der Waals surface area (Å²) in [5.74, 6) is -2.42. The predicted octanol–water partition coefficient (Wildman–Crippen LogP) is 3.70. The molecule has 1 aliphatic heterocycles. The number of carbonyl (C=O) groups is 2. The highest BCUT2D eigenvalue weighted by atomic mass is 32.1. The summed E-state index contributed by atoms with van der Waals surface area (Å²) in [7, 11) is 0. The Morgan fingerprint density at radius 1 is 1.27 bits per heavy atom. The monoisotopic (exact) mass is 430 g/mol. The first-order valence-corrected chi connectivity index (χ1v) is 10.6. The van der Waals surface area contributed by atoms with Gasteiger partial charge in [-0.3, -0.25) is 9.59 Å². The lowest BCUT2D eigenvalue weighted by molar-refractivity contribution is -0.123. The van der Waals surface area contributed by atoms with E-state index in [-0.39, 0.29) is 29.7 Å². The molecule has 0 spiro atoms. The zero-order valence-corrected chi connectivity index (χ0v) is 17.0. The molecule has 1 saturated heterocycles. The quantitative estimate of drug-likeness (QED) is 0.648. The fourth-order valence-electron chi connectivity index (χ4n) is 3.84. The number of imidazole rings is 1. The number of carbonyl (C=O) groups excluding carboxylic acids is 2. The number of hydrogen-bond acceptors (Lipinski definition) is 4. The highest BCUT2D eigenvalue weighted by Crippen LogP contribution is 2.47. The molecule has 2 aliphatic rings. The highest BCUT2D eigenvalue weighted by Gasteiger charge is 2.47. The number of nitrogens with zero attached hydrogens (tertiary/aromatic N) is 2. The number of amides is 2. The van der Waals surface area contributed by atoms with Gasteiger partial charge in [-0.2, -0.15) is 0 Å². The van der Waals surface area contributed by atoms with Crippen LogP contribution in [0.1, 0.15) is 45.7 Å². The van der Waals surface area contributed by atoms with Crippen molar-refractivity contribution >= 4 is 34.2 Å². The van der Waals surface area contributed by atoms with Gasteiger partial charge in [-0.05, 0) is 37.6 Å². The first-order valence-electron chi connectivity index (χ1n) is 9.82. The number of thiophene rings is 1. The molecule has 0 radical (unpaired) electrons. The van der Waals surface area contributed by atoms with Gasteiger partial charge in [-0.15, -0.1) is 11.3 Å². The Balaban J connectivity index is 1.19. The Kier molecular flexibility index (Phi) is 4.39. The van der Waals surface area contributed by atoms with Crippen LogP contribution in [0.5, 0.6) is 0 Å². The molecule has 3 aromatic rings. The van der Waals surface area contributed by atoms with Crippen LogP contribution >= 0.6 is 11.3 Å². The molecular weight excluding hydrogens is 410 g/mol. The SMILES string of the molecule is CC(NC(=O)[C@H]1C[C@@H]1c1nc2ccccc2[nH]1)c1ccc(C(=O)N2CC(F)(F)C2)s1. The van der Waals surface area contributed by atoms with E-state index in [0.717, 1.165) is 33.1 Å². The predicted molar refractivity (Wildman–Crippen MR) is 109 cm³/mol. The number of likely N-dealkylation sites (tertiary alicyclic amines) is 1. The van der Waals surface area contributed by atoms with Crippen molar-refractivity contribution in [1.82, 2.24) is 20.2 Å². The van der Waals surface area contributed by atoms with Crippen molar-refractivity contribution in [1.29, 1.82) is 0 Å². The molecule has 2 amide bonds. The molecule has 30 heavy (non-hydrogen) atoms. The van der Waals surface area contributed by atoms with Crippen molar-refractivity contribution in [2.75, 3.05) is 13.1 Å². The van der Waals surface area contributed by atoms with Crippen molar-refractivity contribution in [3.8, 4) is 0 Å². The molecule has 2 aromatic heterocycles. The standard InChI is InChI=1S/C21H20F2N4O2S/c1-11(16-6-7-17(30-16)20(29)27-9-21(22,23)10-27)24-19(28)13-8-12(13)18-25-14-4-2-3-5-15(14)26-18/h2-7,11-13H,8-10H2,1H3,(H,24,28)(H,25,26)/t11?,12-,13-/m0/s1. The Hall–Kier alpha value is -2.81. The van der Waals surface area contributed by atoms with Crippen LogP contribution in [0.3, 0.4) is 0 Å². The number of fused-ring (bicyclic) bond motifs is 1. The van der Waals surface area contributed by atoms with Gasteiger partial charge in [0.25, 0.3) is 11.8 Å². The number of alkyl halides is 2. The second kappa shape index (κ2) is 6.87. The molecule has 1 aliphatic carbocycles. The molecule has 2 fully saturated rings. The van der Waals surface area contributed by atoms with E-state index in [1.54, 1.807) is 12.1 Å². The number of aromatic nitrogens is 2. The summed E-state index contributed by atoms with van der Waals surface area (Å²) in [4.78, 5) is 35.2. The van der Waals surface area contributed by atoms with E-state index in [9.17, 15) is 18.4 Å². The molecule has 0 bridgehead atoms. The maximum atomic E-state index is 13.0. The second-order valence-corrected chi connectivity index (χ2v) is 9.15. The Labute approximate surface area is 175 Å². The third-order valence-electron chi connectivity index (χ3n) is 5.64. The highest BCUT2D eigenvalue weighted by molar-refractivity contribution is 7.14. The van der Waals surface area contributed by atoms with E-state index >= 15 is 0 Å². The Morgan fingerprint density at radius 2 is 2.03 bits per heavy atom. The van der Waals surface area contributed by atoms with Gasteiger partial charge in [0.15, 0.2) is 0 Å². The van der Waals surface area contributed by atoms with Gasteiger partial charge in [0.2, 0.25) is 5.91 Å². The smallest absolute Gasteiger partial charge is 0.282 e. The normalized spacial score (nSPS) is 23.1. The molecule has 2 N–H and O–H groups in total. The molecule has 3 heterocycles. The topological polar surface area (TPSA) is 78.1 Å². The van der Waals surface area contributed by atoms with Crippen LogP contribution in [0, 0.1) is 5.92 Å². The number of halogens is 2. The average molecular weight is 430 g/mol. The summed E-state index contributed by atoms with van der Waals surface area (Å²) in [5, 5.41) is 3.00. The first kappa shape index (κ1) is 19.2. The molecule has 5 rings (SSSR count). The van der Waals surface area contributed by atoms with Crippen LogP contribution in [0.2, 0.25) is 0 Å². The number of nitrogens with one attached hydrogen (secondary N) is 2. The van der Waals surface area contributed by atoms with Crippen molar-refractivity contribution in [2.45, 2.75) is 31.2 Å². The van der Waals surface area contributed by atoms with Crippen LogP contribution in [-0.4, -0.2) is 45.7 Å². The zero-order valence-electron chi connectivity index (χ0n) is 16.2. The van der Waals surface area contributed by atoms with Crippen LogP contribution in [-0.2, 0) is 4.79 Å². The lowest BCUT2D eigenvalue weighted by Gasteiger charge is -2.38. The third kappa shape index (κ3) is 3.47. The van der Waals surface area contributed by atoms with Crippen LogP contribution in [0.25, 0.3) is 11.0 Å². The maximum absolute atomic E-state index is 13.0. The van der Waals surface area contributed by atoms with E-state index < -0.39 is 19.0 Å². The van der Waals surface area contributed by atoms with E-state index in [0.29, 0.717) is 4.88 Å². The summed E-state index contributed by atoms with van der Waals surface area (Å²) in [6.07, 6.45) is 0.746. The Bertz CT molecular complexity index is 1100. The average Bonchev–Trinajstić information content (AvgIpc) is 3.14. The van der Waals surface area contributed by atoms with Gasteiger partial charge < -0.3 is 15.2 Å². The molecule has 1 unspecified atom stereocenters. The minimum absolute atomic E-state index is 0.0448. The van der Waals surface area contributed by atoms with Crippen molar-refractivity contribution in [3.05, 3.63) is 52.0 Å². The molecule has 6 nitrogen and oxygen atoms in total. The van der Waals surface area contributed by atoms with Crippen molar-refractivity contribution in [2.24, 2.45) is 5.92 Å². The van der Waals surface area contributed by atoms with Crippen molar-refractivity contribution in [3.63, 3.8) is 0 Å². The molecule has 156 valence electrons. The van der Waals surface area contributed by atoms with Gasteiger partial charge in [0, 0.05) is 16.7 Å². The van der Waals surface area contributed by atoms with Crippen LogP contribution < -0.4 is 5.32 Å². The molecular formula is C21H20F2N4O2S. The fourth-order valence-corrected chi connectivity index (χ4v) is 4.82. The lowest BCUT2D eigenvalue weighted by Crippen LogP contribution is -2.58. The summed E-state index contributed by atoms with van der Waals surface area (Å²) in [5.41, 5.74) is 1.85. The summed E-state index contributed by atoms with van der Waals surface area (Å²) in [6, 6.07) is 10.9. The number of aromatic amines is 1. The van der Waals surface area contributed by atoms with Gasteiger partial charge in [0.1, 0.15) is 5.82 Å². The van der Waals surface area contributed by atoms with Crippen LogP contribution in [0.4, 0.5) is 8.78 Å². The lowest BCUT2D eigenvalue weighted by atomic mass is 10.1. The van der Waals surface area contributed by atoms with E-state index in [2.05, 4.69) is 15.3 Å². The first-order chi connectivity index (χ1) is 14.3.